The quantitative estimate of drug-likeness (QED) is 0.938. The van der Waals surface area contributed by atoms with Crippen LogP contribution in [0.2, 0.25) is 0 Å². The van der Waals surface area contributed by atoms with Gasteiger partial charge in [-0.15, -0.1) is 0 Å². The maximum absolute atomic E-state index is 6.09. The van der Waals surface area contributed by atoms with E-state index in [9.17, 15) is 0 Å². The van der Waals surface area contributed by atoms with E-state index in [1.165, 1.54) is 48.6 Å². The van der Waals surface area contributed by atoms with Crippen LogP contribution in [0.5, 0.6) is 0 Å². The standard InChI is InChI=1S/C15H20N4S/c1-19(12-7-3-2-4-8-12)15-13(14(16)18-20-15)11-6-5-9-17-10-11/h5-6,9-10,12H,2-4,7-8H2,1H3,(H2,16,18). The molecule has 0 saturated heterocycles. The zero-order chi connectivity index (χ0) is 13.9. The largest absolute Gasteiger partial charge is 0.382 e. The molecule has 2 heterocycles. The Hall–Kier alpha value is -1.62. The van der Waals surface area contributed by atoms with E-state index in [2.05, 4.69) is 21.3 Å². The van der Waals surface area contributed by atoms with Crippen LogP contribution in [0.3, 0.4) is 0 Å². The van der Waals surface area contributed by atoms with Gasteiger partial charge in [0.2, 0.25) is 0 Å². The maximum atomic E-state index is 6.09. The minimum absolute atomic E-state index is 0.610. The molecule has 0 atom stereocenters. The number of aromatic nitrogens is 2. The third-order valence-corrected chi connectivity index (χ3v) is 5.05. The summed E-state index contributed by atoms with van der Waals surface area (Å²) in [6, 6.07) is 4.60. The van der Waals surface area contributed by atoms with E-state index in [-0.39, 0.29) is 0 Å². The summed E-state index contributed by atoms with van der Waals surface area (Å²) in [5.74, 6) is 0.612. The monoisotopic (exact) mass is 288 g/mol. The molecule has 0 amide bonds. The molecule has 4 nitrogen and oxygen atoms in total. The zero-order valence-electron chi connectivity index (χ0n) is 11.7. The Morgan fingerprint density at radius 3 is 2.80 bits per heavy atom. The molecule has 1 aliphatic carbocycles. The summed E-state index contributed by atoms with van der Waals surface area (Å²) >= 11 is 1.50. The van der Waals surface area contributed by atoms with Crippen LogP contribution < -0.4 is 10.6 Å². The van der Waals surface area contributed by atoms with E-state index >= 15 is 0 Å². The lowest BCUT2D eigenvalue weighted by Gasteiger charge is -2.32. The number of hydrogen-bond acceptors (Lipinski definition) is 5. The van der Waals surface area contributed by atoms with Crippen LogP contribution in [0.4, 0.5) is 10.8 Å². The second-order valence-corrected chi connectivity index (χ2v) is 6.14. The third kappa shape index (κ3) is 2.50. The van der Waals surface area contributed by atoms with Crippen molar-refractivity contribution in [3.8, 4) is 11.1 Å². The minimum Gasteiger partial charge on any atom is -0.382 e. The van der Waals surface area contributed by atoms with Gasteiger partial charge >= 0.3 is 0 Å². The average molecular weight is 288 g/mol. The molecular formula is C15H20N4S. The third-order valence-electron chi connectivity index (χ3n) is 4.09. The van der Waals surface area contributed by atoms with Crippen LogP contribution >= 0.6 is 11.5 Å². The number of nitrogens with zero attached hydrogens (tertiary/aromatic N) is 3. The highest BCUT2D eigenvalue weighted by Crippen LogP contribution is 2.40. The Kier molecular flexibility index (Phi) is 3.87. The van der Waals surface area contributed by atoms with Crippen LogP contribution in [-0.4, -0.2) is 22.4 Å². The van der Waals surface area contributed by atoms with Gasteiger partial charge in [0.15, 0.2) is 0 Å². The first-order valence-corrected chi connectivity index (χ1v) is 7.93. The van der Waals surface area contributed by atoms with E-state index in [1.54, 1.807) is 6.20 Å². The van der Waals surface area contributed by atoms with E-state index in [0.717, 1.165) is 11.1 Å². The Morgan fingerprint density at radius 1 is 1.30 bits per heavy atom. The van der Waals surface area contributed by atoms with Gasteiger partial charge in [0, 0.05) is 31.0 Å². The SMILES string of the molecule is CN(c1snc(N)c1-c1cccnc1)C1CCCCC1. The second-order valence-electron chi connectivity index (χ2n) is 5.39. The van der Waals surface area contributed by atoms with E-state index in [4.69, 9.17) is 5.73 Å². The van der Waals surface area contributed by atoms with Gasteiger partial charge in [0.25, 0.3) is 0 Å². The van der Waals surface area contributed by atoms with Gasteiger partial charge in [-0.1, -0.05) is 25.3 Å². The highest BCUT2D eigenvalue weighted by atomic mass is 32.1. The maximum Gasteiger partial charge on any atom is 0.147 e. The molecule has 1 aliphatic rings. The lowest BCUT2D eigenvalue weighted by atomic mass is 9.94. The van der Waals surface area contributed by atoms with Crippen LogP contribution in [0.25, 0.3) is 11.1 Å². The smallest absolute Gasteiger partial charge is 0.147 e. The number of hydrogen-bond donors (Lipinski definition) is 1. The molecule has 1 fully saturated rings. The molecule has 0 aromatic carbocycles. The highest BCUT2D eigenvalue weighted by Gasteiger charge is 2.24. The van der Waals surface area contributed by atoms with Crippen molar-refractivity contribution in [3.63, 3.8) is 0 Å². The Labute approximate surface area is 123 Å². The van der Waals surface area contributed by atoms with E-state index < -0.39 is 0 Å². The summed E-state index contributed by atoms with van der Waals surface area (Å²) in [4.78, 5) is 6.57. The average Bonchev–Trinajstić information content (AvgIpc) is 2.90. The summed E-state index contributed by atoms with van der Waals surface area (Å²) in [6.45, 7) is 0. The molecule has 5 heteroatoms. The fourth-order valence-electron chi connectivity index (χ4n) is 2.95. The van der Waals surface area contributed by atoms with Gasteiger partial charge < -0.3 is 10.6 Å². The first kappa shape index (κ1) is 13.4. The topological polar surface area (TPSA) is 55.0 Å². The van der Waals surface area contributed by atoms with Crippen molar-refractivity contribution in [2.45, 2.75) is 38.1 Å². The predicted molar refractivity (Wildman–Crippen MR) is 85.0 cm³/mol. The summed E-state index contributed by atoms with van der Waals surface area (Å²) < 4.78 is 4.36. The van der Waals surface area contributed by atoms with Gasteiger partial charge in [-0.25, -0.2) is 0 Å². The Morgan fingerprint density at radius 2 is 2.10 bits per heavy atom. The molecule has 2 aromatic heterocycles. The van der Waals surface area contributed by atoms with Crippen molar-refractivity contribution in [3.05, 3.63) is 24.5 Å². The molecule has 0 unspecified atom stereocenters. The number of pyridine rings is 1. The van der Waals surface area contributed by atoms with Crippen molar-refractivity contribution in [2.24, 2.45) is 0 Å². The lowest BCUT2D eigenvalue weighted by Crippen LogP contribution is -2.33. The molecule has 1 saturated carbocycles. The summed E-state index contributed by atoms with van der Waals surface area (Å²) in [5.41, 5.74) is 8.18. The van der Waals surface area contributed by atoms with E-state index in [0.29, 0.717) is 11.9 Å². The first-order valence-electron chi connectivity index (χ1n) is 7.15. The molecule has 0 bridgehead atoms. The van der Waals surface area contributed by atoms with Crippen molar-refractivity contribution in [1.82, 2.24) is 9.36 Å². The molecule has 2 aromatic rings. The van der Waals surface area contributed by atoms with E-state index in [1.807, 2.05) is 18.3 Å². The number of nitrogens with two attached hydrogens (primary N) is 1. The van der Waals surface area contributed by atoms with Crippen molar-refractivity contribution in [2.75, 3.05) is 17.7 Å². The summed E-state index contributed by atoms with van der Waals surface area (Å²) in [7, 11) is 2.17. The van der Waals surface area contributed by atoms with Crippen molar-refractivity contribution >= 4 is 22.4 Å². The van der Waals surface area contributed by atoms with Gasteiger partial charge in [-0.05, 0) is 30.4 Å². The van der Waals surface area contributed by atoms with Gasteiger partial charge in [0.1, 0.15) is 10.8 Å². The molecule has 106 valence electrons. The van der Waals surface area contributed by atoms with Crippen LogP contribution in [0, 0.1) is 0 Å². The fourth-order valence-corrected chi connectivity index (χ4v) is 3.82. The number of anilines is 2. The molecule has 3 rings (SSSR count). The predicted octanol–water partition coefficient (Wildman–Crippen LogP) is 3.56. The molecule has 0 spiro atoms. The van der Waals surface area contributed by atoms with Crippen LogP contribution in [0.1, 0.15) is 32.1 Å². The Balaban J connectivity index is 1.94. The first-order chi connectivity index (χ1) is 9.77. The zero-order valence-corrected chi connectivity index (χ0v) is 12.6. The number of nitrogen functional groups attached to an aromatic ring is 1. The molecule has 20 heavy (non-hydrogen) atoms. The second kappa shape index (κ2) is 5.79. The summed E-state index contributed by atoms with van der Waals surface area (Å²) in [5, 5.41) is 1.17. The Bertz CT molecular complexity index is 561. The van der Waals surface area contributed by atoms with Crippen molar-refractivity contribution < 1.29 is 0 Å². The van der Waals surface area contributed by atoms with Crippen LogP contribution in [0.15, 0.2) is 24.5 Å². The summed E-state index contributed by atoms with van der Waals surface area (Å²) in [6.07, 6.45) is 10.2. The molecule has 2 N–H and O–H groups in total. The minimum atomic E-state index is 0.610. The fraction of sp³-hybridized carbons (Fsp3) is 0.467. The number of rotatable bonds is 3. The molecular weight excluding hydrogens is 268 g/mol. The lowest BCUT2D eigenvalue weighted by molar-refractivity contribution is 0.429. The van der Waals surface area contributed by atoms with Crippen molar-refractivity contribution in [1.29, 1.82) is 0 Å². The highest BCUT2D eigenvalue weighted by molar-refractivity contribution is 7.11. The molecule has 0 aliphatic heterocycles. The van der Waals surface area contributed by atoms with Gasteiger partial charge in [0.05, 0.1) is 5.56 Å². The van der Waals surface area contributed by atoms with Crippen LogP contribution in [-0.2, 0) is 0 Å². The molecule has 0 radical (unpaired) electrons. The van der Waals surface area contributed by atoms with Gasteiger partial charge in [-0.2, -0.15) is 4.37 Å². The van der Waals surface area contributed by atoms with Gasteiger partial charge in [-0.3, -0.25) is 4.98 Å². The normalized spacial score (nSPS) is 16.2.